The average molecular weight is 469 g/mol. The highest BCUT2D eigenvalue weighted by atomic mass is 127. The zero-order valence-corrected chi connectivity index (χ0v) is 16.8. The van der Waals surface area contributed by atoms with Crippen molar-refractivity contribution in [3.05, 3.63) is 63.2 Å². The van der Waals surface area contributed by atoms with Gasteiger partial charge >= 0.3 is 0 Å². The predicted molar refractivity (Wildman–Crippen MR) is 112 cm³/mol. The number of hydrogen-bond acceptors (Lipinski definition) is 3. The average Bonchev–Trinajstić information content (AvgIpc) is 2.64. The number of benzene rings is 2. The first kappa shape index (κ1) is 19.5. The third-order valence-electron chi connectivity index (χ3n) is 3.47. The minimum absolute atomic E-state index is 0.275. The Morgan fingerprint density at radius 1 is 1.16 bits per heavy atom. The largest absolute Gasteiger partial charge is 0.496 e. The molecule has 2 rings (SSSR count). The molecule has 0 aliphatic carbocycles. The van der Waals surface area contributed by atoms with Gasteiger partial charge in [0, 0.05) is 12.1 Å². The van der Waals surface area contributed by atoms with Gasteiger partial charge in [-0.15, -0.1) is 0 Å². The van der Waals surface area contributed by atoms with E-state index in [9.17, 15) is 4.79 Å². The molecule has 0 aliphatic heterocycles. The second kappa shape index (κ2) is 10.2. The Kier molecular flexibility index (Phi) is 7.93. The zero-order chi connectivity index (χ0) is 18.1. The van der Waals surface area contributed by atoms with Gasteiger partial charge in [0.25, 0.3) is 5.91 Å². The van der Waals surface area contributed by atoms with Crippen LogP contribution in [0.4, 0.5) is 0 Å². The highest BCUT2D eigenvalue weighted by molar-refractivity contribution is 14.1. The summed E-state index contributed by atoms with van der Waals surface area (Å²) in [5, 5.41) is 3.46. The molecule has 3 N–H and O–H groups in total. The Morgan fingerprint density at radius 2 is 1.92 bits per heavy atom. The minimum Gasteiger partial charge on any atom is -0.496 e. The van der Waals surface area contributed by atoms with Gasteiger partial charge in [-0.25, -0.2) is 0 Å². The van der Waals surface area contributed by atoms with Crippen molar-refractivity contribution in [2.75, 3.05) is 13.7 Å². The molecular weight excluding hydrogens is 449 g/mol. The van der Waals surface area contributed by atoms with Crippen molar-refractivity contribution in [1.82, 2.24) is 16.2 Å². The summed E-state index contributed by atoms with van der Waals surface area (Å²) in [6.45, 7) is 0.730. The van der Waals surface area contributed by atoms with Gasteiger partial charge < -0.3 is 10.1 Å². The van der Waals surface area contributed by atoms with Crippen LogP contribution in [-0.4, -0.2) is 24.7 Å². The van der Waals surface area contributed by atoms with E-state index >= 15 is 0 Å². The molecule has 1 amide bonds. The molecule has 0 bridgehead atoms. The quantitative estimate of drug-likeness (QED) is 0.263. The molecule has 0 unspecified atom stereocenters. The first-order valence-corrected chi connectivity index (χ1v) is 9.30. The Bertz CT molecular complexity index is 726. The maximum Gasteiger partial charge on any atom is 0.269 e. The van der Waals surface area contributed by atoms with Crippen LogP contribution in [0.1, 0.15) is 22.3 Å². The maximum absolute atomic E-state index is 12.1. The molecule has 0 radical (unpaired) electrons. The van der Waals surface area contributed by atoms with E-state index in [2.05, 4.69) is 50.9 Å². The van der Waals surface area contributed by atoms with Gasteiger partial charge in [-0.1, -0.05) is 30.3 Å². The van der Waals surface area contributed by atoms with Crippen LogP contribution in [0.3, 0.4) is 0 Å². The molecule has 0 saturated heterocycles. The number of aryl methyl sites for hydroxylation is 1. The molecule has 0 atom stereocenters. The van der Waals surface area contributed by atoms with Gasteiger partial charge in [0.05, 0.1) is 10.7 Å². The number of nitrogens with one attached hydrogen (secondary N) is 3. The molecule has 132 valence electrons. The lowest BCUT2D eigenvalue weighted by molar-refractivity contribution is 0.0943. The normalized spacial score (nSPS) is 10.0. The predicted octanol–water partition coefficient (Wildman–Crippen LogP) is 3.04. The standard InChI is InChI=1S/C18H20IN3O2S/c1-24-16-12-14(9-10-15(16)19)17(23)21-22-18(25)20-11-5-8-13-6-3-2-4-7-13/h2-4,6-7,9-10,12H,5,8,11H2,1H3,(H,21,23)(H2,20,22,25). The third-order valence-corrected chi connectivity index (χ3v) is 4.61. The first-order chi connectivity index (χ1) is 12.1. The van der Waals surface area contributed by atoms with Gasteiger partial charge in [0.2, 0.25) is 0 Å². The first-order valence-electron chi connectivity index (χ1n) is 7.82. The Balaban J connectivity index is 1.69. The van der Waals surface area contributed by atoms with Crippen molar-refractivity contribution in [3.63, 3.8) is 0 Å². The molecular formula is C18H20IN3O2S. The second-order valence-electron chi connectivity index (χ2n) is 5.27. The van der Waals surface area contributed by atoms with Gasteiger partial charge in [-0.05, 0) is 71.4 Å². The molecule has 0 saturated carbocycles. The highest BCUT2D eigenvalue weighted by Crippen LogP contribution is 2.21. The van der Waals surface area contributed by atoms with Crippen LogP contribution in [0, 0.1) is 3.57 Å². The number of ether oxygens (including phenoxy) is 1. The minimum atomic E-state index is -0.275. The van der Waals surface area contributed by atoms with E-state index in [1.54, 1.807) is 19.2 Å². The van der Waals surface area contributed by atoms with E-state index < -0.39 is 0 Å². The molecule has 0 aliphatic rings. The summed E-state index contributed by atoms with van der Waals surface area (Å²) in [7, 11) is 1.58. The Morgan fingerprint density at radius 3 is 2.64 bits per heavy atom. The topological polar surface area (TPSA) is 62.4 Å². The molecule has 0 spiro atoms. The fourth-order valence-corrected chi connectivity index (χ4v) is 2.88. The van der Waals surface area contributed by atoms with E-state index in [1.165, 1.54) is 5.56 Å². The van der Waals surface area contributed by atoms with Crippen LogP contribution in [0.25, 0.3) is 0 Å². The summed E-state index contributed by atoms with van der Waals surface area (Å²) >= 11 is 7.31. The van der Waals surface area contributed by atoms with Crippen molar-refractivity contribution in [2.45, 2.75) is 12.8 Å². The molecule has 2 aromatic carbocycles. The van der Waals surface area contributed by atoms with E-state index in [0.717, 1.165) is 23.0 Å². The third kappa shape index (κ3) is 6.50. The number of methoxy groups -OCH3 is 1. The summed E-state index contributed by atoms with van der Waals surface area (Å²) in [6, 6.07) is 15.5. The van der Waals surface area contributed by atoms with Crippen molar-refractivity contribution < 1.29 is 9.53 Å². The summed E-state index contributed by atoms with van der Waals surface area (Å²) in [5.41, 5.74) is 7.08. The molecule has 0 fully saturated rings. The summed E-state index contributed by atoms with van der Waals surface area (Å²) in [6.07, 6.45) is 1.93. The lowest BCUT2D eigenvalue weighted by Gasteiger charge is -2.12. The van der Waals surface area contributed by atoms with Gasteiger partial charge in [0.15, 0.2) is 5.11 Å². The smallest absolute Gasteiger partial charge is 0.269 e. The number of hydrogen-bond donors (Lipinski definition) is 3. The number of thiocarbonyl (C=S) groups is 1. The number of carbonyl (C=O) groups is 1. The fourth-order valence-electron chi connectivity index (χ4n) is 2.17. The molecule has 7 heteroatoms. The summed E-state index contributed by atoms with van der Waals surface area (Å²) < 4.78 is 6.16. The van der Waals surface area contributed by atoms with E-state index in [1.807, 2.05) is 24.3 Å². The fraction of sp³-hybridized carbons (Fsp3) is 0.222. The van der Waals surface area contributed by atoms with E-state index in [-0.39, 0.29) is 5.91 Å². The monoisotopic (exact) mass is 469 g/mol. The Hall–Kier alpha value is -1.87. The van der Waals surface area contributed by atoms with Crippen LogP contribution >= 0.6 is 34.8 Å². The highest BCUT2D eigenvalue weighted by Gasteiger charge is 2.09. The van der Waals surface area contributed by atoms with Gasteiger partial charge in [0.1, 0.15) is 5.75 Å². The number of carbonyl (C=O) groups excluding carboxylic acids is 1. The maximum atomic E-state index is 12.1. The van der Waals surface area contributed by atoms with Gasteiger partial charge in [-0.3, -0.25) is 15.6 Å². The lowest BCUT2D eigenvalue weighted by Crippen LogP contribution is -2.47. The lowest BCUT2D eigenvalue weighted by atomic mass is 10.1. The van der Waals surface area contributed by atoms with Crippen molar-refractivity contribution in [2.24, 2.45) is 0 Å². The molecule has 2 aromatic rings. The van der Waals surface area contributed by atoms with Crippen molar-refractivity contribution in [1.29, 1.82) is 0 Å². The van der Waals surface area contributed by atoms with Crippen molar-refractivity contribution >= 4 is 45.8 Å². The molecule has 0 aromatic heterocycles. The number of rotatable bonds is 6. The van der Waals surface area contributed by atoms with Gasteiger partial charge in [-0.2, -0.15) is 0 Å². The molecule has 0 heterocycles. The van der Waals surface area contributed by atoms with E-state index in [0.29, 0.717) is 16.4 Å². The zero-order valence-electron chi connectivity index (χ0n) is 13.8. The number of amides is 1. The van der Waals surface area contributed by atoms with Crippen LogP contribution < -0.4 is 20.9 Å². The number of halogens is 1. The van der Waals surface area contributed by atoms with Crippen LogP contribution in [-0.2, 0) is 6.42 Å². The Labute approximate surface area is 166 Å². The van der Waals surface area contributed by atoms with Crippen molar-refractivity contribution in [3.8, 4) is 5.75 Å². The summed E-state index contributed by atoms with van der Waals surface area (Å²) in [5.74, 6) is 0.387. The molecule has 25 heavy (non-hydrogen) atoms. The number of hydrazine groups is 1. The van der Waals surface area contributed by atoms with Crippen LogP contribution in [0.15, 0.2) is 48.5 Å². The molecule has 5 nitrogen and oxygen atoms in total. The van der Waals surface area contributed by atoms with Crippen LogP contribution in [0.5, 0.6) is 5.75 Å². The second-order valence-corrected chi connectivity index (χ2v) is 6.84. The van der Waals surface area contributed by atoms with Crippen LogP contribution in [0.2, 0.25) is 0 Å². The SMILES string of the molecule is COc1cc(C(=O)NNC(=S)NCCCc2ccccc2)ccc1I. The summed E-state index contributed by atoms with van der Waals surface area (Å²) in [4.78, 5) is 12.1. The van der Waals surface area contributed by atoms with E-state index in [4.69, 9.17) is 17.0 Å².